The molecule has 2 rings (SSSR count). The summed E-state index contributed by atoms with van der Waals surface area (Å²) in [5, 5.41) is 11.4. The molecule has 0 spiro atoms. The van der Waals surface area contributed by atoms with Crippen LogP contribution in [0.3, 0.4) is 0 Å². The van der Waals surface area contributed by atoms with E-state index < -0.39 is 11.6 Å². The van der Waals surface area contributed by atoms with E-state index in [2.05, 4.69) is 5.32 Å². The minimum absolute atomic E-state index is 0.137. The van der Waals surface area contributed by atoms with Gasteiger partial charge in [0.2, 0.25) is 5.76 Å². The van der Waals surface area contributed by atoms with Crippen molar-refractivity contribution in [1.29, 1.82) is 0 Å². The van der Waals surface area contributed by atoms with Gasteiger partial charge in [0, 0.05) is 6.61 Å². The standard InChI is InChI=1S/C12H15NO5/c1-12(5-2-6-17-12)11(16)13-7-8-3-4-9(18-8)10(14)15/h3-4H,2,5-7H2,1H3,(H,13,16)(H,14,15). The van der Waals surface area contributed by atoms with E-state index in [0.29, 0.717) is 18.8 Å². The first-order valence-electron chi connectivity index (χ1n) is 5.75. The molecule has 0 radical (unpaired) electrons. The largest absolute Gasteiger partial charge is 0.475 e. The molecule has 0 saturated carbocycles. The van der Waals surface area contributed by atoms with Crippen molar-refractivity contribution in [3.63, 3.8) is 0 Å². The summed E-state index contributed by atoms with van der Waals surface area (Å²) in [5.41, 5.74) is -0.776. The smallest absolute Gasteiger partial charge is 0.371 e. The maximum absolute atomic E-state index is 11.9. The Morgan fingerprint density at radius 2 is 2.28 bits per heavy atom. The summed E-state index contributed by atoms with van der Waals surface area (Å²) in [4.78, 5) is 22.5. The second-order valence-corrected chi connectivity index (χ2v) is 4.44. The Morgan fingerprint density at radius 3 is 2.83 bits per heavy atom. The predicted octanol–water partition coefficient (Wildman–Crippen LogP) is 1.16. The van der Waals surface area contributed by atoms with Crippen LogP contribution in [0.2, 0.25) is 0 Å². The van der Waals surface area contributed by atoms with Crippen molar-refractivity contribution in [2.75, 3.05) is 6.61 Å². The molecule has 6 nitrogen and oxygen atoms in total. The van der Waals surface area contributed by atoms with Crippen molar-refractivity contribution < 1.29 is 23.8 Å². The average Bonchev–Trinajstić information content (AvgIpc) is 2.95. The van der Waals surface area contributed by atoms with E-state index in [0.717, 1.165) is 6.42 Å². The van der Waals surface area contributed by atoms with Gasteiger partial charge >= 0.3 is 5.97 Å². The van der Waals surface area contributed by atoms with E-state index in [9.17, 15) is 9.59 Å². The number of carbonyl (C=O) groups is 2. The molecule has 2 heterocycles. The number of rotatable bonds is 4. The summed E-state index contributed by atoms with van der Waals surface area (Å²) in [6.45, 7) is 2.50. The van der Waals surface area contributed by atoms with Crippen LogP contribution in [0.25, 0.3) is 0 Å². The van der Waals surface area contributed by atoms with Gasteiger partial charge in [0.25, 0.3) is 5.91 Å². The minimum atomic E-state index is -1.13. The number of ether oxygens (including phenoxy) is 1. The van der Waals surface area contributed by atoms with Crippen molar-refractivity contribution >= 4 is 11.9 Å². The van der Waals surface area contributed by atoms with Gasteiger partial charge in [-0.25, -0.2) is 4.79 Å². The molecule has 1 atom stereocenters. The highest BCUT2D eigenvalue weighted by atomic mass is 16.5. The van der Waals surface area contributed by atoms with Crippen LogP contribution >= 0.6 is 0 Å². The lowest BCUT2D eigenvalue weighted by molar-refractivity contribution is -0.139. The number of aromatic carboxylic acids is 1. The third kappa shape index (κ3) is 2.53. The number of carbonyl (C=O) groups excluding carboxylic acids is 1. The van der Waals surface area contributed by atoms with Crippen LogP contribution in [0.5, 0.6) is 0 Å². The third-order valence-corrected chi connectivity index (χ3v) is 2.99. The fourth-order valence-corrected chi connectivity index (χ4v) is 1.90. The fraction of sp³-hybridized carbons (Fsp3) is 0.500. The van der Waals surface area contributed by atoms with Crippen LogP contribution < -0.4 is 5.32 Å². The van der Waals surface area contributed by atoms with Gasteiger partial charge in [0.1, 0.15) is 11.4 Å². The molecule has 1 saturated heterocycles. The summed E-state index contributed by atoms with van der Waals surface area (Å²) in [6.07, 6.45) is 1.56. The lowest BCUT2D eigenvalue weighted by Gasteiger charge is -2.21. The highest BCUT2D eigenvalue weighted by Gasteiger charge is 2.37. The molecule has 1 fully saturated rings. The minimum Gasteiger partial charge on any atom is -0.475 e. The Morgan fingerprint density at radius 1 is 1.50 bits per heavy atom. The molecule has 6 heteroatoms. The highest BCUT2D eigenvalue weighted by Crippen LogP contribution is 2.25. The number of hydrogen-bond donors (Lipinski definition) is 2. The zero-order valence-corrected chi connectivity index (χ0v) is 10.1. The van der Waals surface area contributed by atoms with Crippen LogP contribution in [0.15, 0.2) is 16.5 Å². The summed E-state index contributed by atoms with van der Waals surface area (Å²) >= 11 is 0. The average molecular weight is 253 g/mol. The maximum atomic E-state index is 11.9. The second-order valence-electron chi connectivity index (χ2n) is 4.44. The summed E-state index contributed by atoms with van der Waals surface area (Å²) in [5.74, 6) is -1.06. The van der Waals surface area contributed by atoms with Gasteiger partial charge < -0.3 is 19.6 Å². The Hall–Kier alpha value is -1.82. The van der Waals surface area contributed by atoms with Crippen LogP contribution in [-0.2, 0) is 16.1 Å². The Balaban J connectivity index is 1.90. The van der Waals surface area contributed by atoms with E-state index in [-0.39, 0.29) is 18.2 Å². The lowest BCUT2D eigenvalue weighted by Crippen LogP contribution is -2.43. The molecule has 2 N–H and O–H groups in total. The van der Waals surface area contributed by atoms with Gasteiger partial charge in [0.15, 0.2) is 0 Å². The number of carboxylic acids is 1. The summed E-state index contributed by atoms with van der Waals surface area (Å²) < 4.78 is 10.4. The van der Waals surface area contributed by atoms with E-state index in [1.54, 1.807) is 6.92 Å². The number of furan rings is 1. The predicted molar refractivity (Wildman–Crippen MR) is 61.1 cm³/mol. The fourth-order valence-electron chi connectivity index (χ4n) is 1.90. The summed E-state index contributed by atoms with van der Waals surface area (Å²) in [6, 6.07) is 2.89. The van der Waals surface area contributed by atoms with E-state index in [1.807, 2.05) is 0 Å². The Labute approximate surface area is 104 Å². The van der Waals surface area contributed by atoms with Crippen LogP contribution in [0.1, 0.15) is 36.1 Å². The zero-order valence-electron chi connectivity index (χ0n) is 10.1. The number of nitrogens with one attached hydrogen (secondary N) is 1. The molecule has 1 aromatic rings. The van der Waals surface area contributed by atoms with Crippen molar-refractivity contribution in [3.05, 3.63) is 23.7 Å². The molecule has 1 aliphatic rings. The van der Waals surface area contributed by atoms with E-state index in [4.69, 9.17) is 14.3 Å². The van der Waals surface area contributed by atoms with Crippen molar-refractivity contribution in [1.82, 2.24) is 5.32 Å². The highest BCUT2D eigenvalue weighted by molar-refractivity contribution is 5.85. The lowest BCUT2D eigenvalue weighted by atomic mass is 10.0. The molecule has 0 bridgehead atoms. The molecule has 1 aromatic heterocycles. The Kier molecular flexibility index (Phi) is 3.38. The first-order valence-corrected chi connectivity index (χ1v) is 5.75. The van der Waals surface area contributed by atoms with Crippen LogP contribution in [0, 0.1) is 0 Å². The number of amides is 1. The van der Waals surface area contributed by atoms with Gasteiger partial charge in [-0.3, -0.25) is 4.79 Å². The molecule has 1 amide bonds. The molecule has 1 aliphatic heterocycles. The van der Waals surface area contributed by atoms with Gasteiger partial charge in [-0.15, -0.1) is 0 Å². The van der Waals surface area contributed by atoms with Crippen LogP contribution in [0.4, 0.5) is 0 Å². The number of carboxylic acid groups (broad SMARTS) is 1. The van der Waals surface area contributed by atoms with Crippen LogP contribution in [-0.4, -0.2) is 29.2 Å². The van der Waals surface area contributed by atoms with Crippen molar-refractivity contribution in [2.24, 2.45) is 0 Å². The molecule has 0 aliphatic carbocycles. The normalized spacial score (nSPS) is 22.9. The molecule has 98 valence electrons. The molecule has 18 heavy (non-hydrogen) atoms. The molecule has 0 aromatic carbocycles. The maximum Gasteiger partial charge on any atom is 0.371 e. The van der Waals surface area contributed by atoms with Crippen molar-refractivity contribution in [2.45, 2.75) is 31.9 Å². The SMILES string of the molecule is CC1(C(=O)NCc2ccc(C(=O)O)o2)CCCO1. The van der Waals surface area contributed by atoms with Gasteiger partial charge in [0.05, 0.1) is 6.54 Å². The number of hydrogen-bond acceptors (Lipinski definition) is 4. The Bertz CT molecular complexity index is 459. The first kappa shape index (κ1) is 12.6. The van der Waals surface area contributed by atoms with E-state index in [1.165, 1.54) is 12.1 Å². The monoisotopic (exact) mass is 253 g/mol. The quantitative estimate of drug-likeness (QED) is 0.840. The third-order valence-electron chi connectivity index (χ3n) is 2.99. The van der Waals surface area contributed by atoms with Gasteiger partial charge in [-0.05, 0) is 31.9 Å². The second kappa shape index (κ2) is 4.81. The molecule has 1 unspecified atom stereocenters. The van der Waals surface area contributed by atoms with Gasteiger partial charge in [-0.1, -0.05) is 0 Å². The molecular formula is C12H15NO5. The summed E-state index contributed by atoms with van der Waals surface area (Å²) in [7, 11) is 0. The van der Waals surface area contributed by atoms with Gasteiger partial charge in [-0.2, -0.15) is 0 Å². The van der Waals surface area contributed by atoms with Crippen molar-refractivity contribution in [3.8, 4) is 0 Å². The zero-order chi connectivity index (χ0) is 13.2. The first-order chi connectivity index (χ1) is 8.51. The van der Waals surface area contributed by atoms with E-state index >= 15 is 0 Å². The topological polar surface area (TPSA) is 88.8 Å². The molecular weight excluding hydrogens is 238 g/mol.